The number of phenols is 1. The first-order chi connectivity index (χ1) is 11.6. The Labute approximate surface area is 144 Å². The Morgan fingerprint density at radius 2 is 1.12 bits per heavy atom. The van der Waals surface area contributed by atoms with E-state index in [1.165, 1.54) is 22.3 Å². The SMILES string of the molecule is Cc1cc(C(C)c2ccccc2)c(O)cc1C(C)c1ccccc1. The first-order valence-corrected chi connectivity index (χ1v) is 8.51. The fraction of sp³-hybridized carbons (Fsp3) is 0.217. The highest BCUT2D eigenvalue weighted by Crippen LogP contribution is 2.36. The van der Waals surface area contributed by atoms with Crippen LogP contribution in [-0.4, -0.2) is 5.11 Å². The summed E-state index contributed by atoms with van der Waals surface area (Å²) < 4.78 is 0. The number of hydrogen-bond donors (Lipinski definition) is 1. The van der Waals surface area contributed by atoms with Crippen molar-refractivity contribution < 1.29 is 5.11 Å². The van der Waals surface area contributed by atoms with Crippen molar-refractivity contribution in [3.05, 3.63) is 101 Å². The molecule has 2 atom stereocenters. The van der Waals surface area contributed by atoms with Gasteiger partial charge >= 0.3 is 0 Å². The van der Waals surface area contributed by atoms with E-state index in [9.17, 15) is 5.11 Å². The second-order valence-corrected chi connectivity index (χ2v) is 6.53. The molecule has 3 aromatic carbocycles. The normalized spacial score (nSPS) is 13.5. The quantitative estimate of drug-likeness (QED) is 0.625. The molecule has 2 unspecified atom stereocenters. The molecule has 0 aliphatic rings. The van der Waals surface area contributed by atoms with Crippen molar-refractivity contribution in [3.63, 3.8) is 0 Å². The van der Waals surface area contributed by atoms with E-state index in [1.54, 1.807) is 0 Å². The van der Waals surface area contributed by atoms with Gasteiger partial charge in [-0.15, -0.1) is 0 Å². The van der Waals surface area contributed by atoms with Crippen molar-refractivity contribution in [1.29, 1.82) is 0 Å². The Hall–Kier alpha value is -2.54. The third kappa shape index (κ3) is 3.21. The molecule has 0 saturated carbocycles. The third-order valence-corrected chi connectivity index (χ3v) is 4.95. The molecule has 1 nitrogen and oxygen atoms in total. The van der Waals surface area contributed by atoms with Crippen LogP contribution in [0.2, 0.25) is 0 Å². The van der Waals surface area contributed by atoms with Gasteiger partial charge in [-0.05, 0) is 35.2 Å². The van der Waals surface area contributed by atoms with Gasteiger partial charge in [0.25, 0.3) is 0 Å². The van der Waals surface area contributed by atoms with Gasteiger partial charge in [-0.25, -0.2) is 0 Å². The molecule has 0 radical (unpaired) electrons. The van der Waals surface area contributed by atoms with E-state index in [1.807, 2.05) is 30.3 Å². The lowest BCUT2D eigenvalue weighted by molar-refractivity contribution is 0.464. The number of aromatic hydroxyl groups is 1. The predicted octanol–water partition coefficient (Wildman–Crippen LogP) is 6.00. The zero-order valence-corrected chi connectivity index (χ0v) is 14.5. The van der Waals surface area contributed by atoms with Crippen molar-refractivity contribution in [3.8, 4) is 5.75 Å². The summed E-state index contributed by atoms with van der Waals surface area (Å²) in [6.45, 7) is 6.47. The van der Waals surface area contributed by atoms with E-state index >= 15 is 0 Å². The number of rotatable bonds is 4. The maximum Gasteiger partial charge on any atom is 0.119 e. The van der Waals surface area contributed by atoms with Crippen LogP contribution >= 0.6 is 0 Å². The van der Waals surface area contributed by atoms with E-state index < -0.39 is 0 Å². The fourth-order valence-corrected chi connectivity index (χ4v) is 3.39. The van der Waals surface area contributed by atoms with Crippen LogP contribution in [0.25, 0.3) is 0 Å². The first kappa shape index (κ1) is 16.3. The third-order valence-electron chi connectivity index (χ3n) is 4.95. The summed E-state index contributed by atoms with van der Waals surface area (Å²) in [6.07, 6.45) is 0. The highest BCUT2D eigenvalue weighted by molar-refractivity contribution is 5.49. The summed E-state index contributed by atoms with van der Waals surface area (Å²) in [6, 6.07) is 24.9. The molecule has 0 aliphatic heterocycles. The highest BCUT2D eigenvalue weighted by Gasteiger charge is 2.18. The molecule has 1 N–H and O–H groups in total. The lowest BCUT2D eigenvalue weighted by Gasteiger charge is -2.20. The molecule has 0 bridgehead atoms. The van der Waals surface area contributed by atoms with Gasteiger partial charge in [-0.1, -0.05) is 80.6 Å². The molecule has 0 saturated heterocycles. The van der Waals surface area contributed by atoms with Gasteiger partial charge in [-0.2, -0.15) is 0 Å². The minimum absolute atomic E-state index is 0.172. The second kappa shape index (κ2) is 6.92. The van der Waals surface area contributed by atoms with Gasteiger partial charge in [-0.3, -0.25) is 0 Å². The Bertz CT molecular complexity index is 735. The summed E-state index contributed by atoms with van der Waals surface area (Å²) >= 11 is 0. The number of benzene rings is 3. The Balaban J connectivity index is 1.97. The number of phenolic OH excluding ortho intramolecular Hbond substituents is 1. The van der Waals surface area contributed by atoms with Crippen molar-refractivity contribution >= 4 is 0 Å². The largest absolute Gasteiger partial charge is 0.508 e. The monoisotopic (exact) mass is 316 g/mol. The van der Waals surface area contributed by atoms with E-state index in [0.717, 1.165) is 5.56 Å². The molecule has 122 valence electrons. The van der Waals surface area contributed by atoms with Crippen molar-refractivity contribution in [1.82, 2.24) is 0 Å². The van der Waals surface area contributed by atoms with Crippen molar-refractivity contribution in [2.24, 2.45) is 0 Å². The maximum atomic E-state index is 10.6. The van der Waals surface area contributed by atoms with Gasteiger partial charge in [0.1, 0.15) is 5.75 Å². The van der Waals surface area contributed by atoms with Crippen molar-refractivity contribution in [2.75, 3.05) is 0 Å². The smallest absolute Gasteiger partial charge is 0.119 e. The average molecular weight is 316 g/mol. The van der Waals surface area contributed by atoms with Gasteiger partial charge in [0.05, 0.1) is 0 Å². The maximum absolute atomic E-state index is 10.6. The molecule has 3 aromatic rings. The standard InChI is InChI=1S/C23H24O/c1-16-14-22(18(3)20-12-8-5-9-13-20)23(24)15-21(16)17(2)19-10-6-4-7-11-19/h4-15,17-18,24H,1-3H3. The summed E-state index contributed by atoms with van der Waals surface area (Å²) in [5.74, 6) is 0.818. The van der Waals surface area contributed by atoms with Crippen LogP contribution in [-0.2, 0) is 0 Å². The predicted molar refractivity (Wildman–Crippen MR) is 101 cm³/mol. The van der Waals surface area contributed by atoms with Crippen LogP contribution in [0.1, 0.15) is 53.5 Å². The molecule has 0 spiro atoms. The zero-order valence-electron chi connectivity index (χ0n) is 14.5. The molecule has 0 aliphatic carbocycles. The molecule has 1 heteroatoms. The Kier molecular flexibility index (Phi) is 4.71. The molecule has 0 heterocycles. The first-order valence-electron chi connectivity index (χ1n) is 8.51. The lowest BCUT2D eigenvalue weighted by Crippen LogP contribution is -2.02. The minimum atomic E-state index is 0.172. The van der Waals surface area contributed by atoms with Crippen LogP contribution in [0.4, 0.5) is 0 Å². The number of aryl methyl sites for hydroxylation is 1. The fourth-order valence-electron chi connectivity index (χ4n) is 3.39. The number of hydrogen-bond acceptors (Lipinski definition) is 1. The minimum Gasteiger partial charge on any atom is -0.508 e. The topological polar surface area (TPSA) is 20.2 Å². The molecular weight excluding hydrogens is 292 g/mol. The van der Waals surface area contributed by atoms with Crippen molar-refractivity contribution in [2.45, 2.75) is 32.6 Å². The molecule has 0 aromatic heterocycles. The molecule has 24 heavy (non-hydrogen) atoms. The van der Waals surface area contributed by atoms with Crippen LogP contribution in [0.15, 0.2) is 72.8 Å². The second-order valence-electron chi connectivity index (χ2n) is 6.53. The van der Waals surface area contributed by atoms with Crippen LogP contribution in [0.5, 0.6) is 5.75 Å². The summed E-state index contributed by atoms with van der Waals surface area (Å²) in [5, 5.41) is 10.6. The summed E-state index contributed by atoms with van der Waals surface area (Å²) in [5.41, 5.74) is 5.88. The zero-order chi connectivity index (χ0) is 17.1. The van der Waals surface area contributed by atoms with Gasteiger partial charge < -0.3 is 5.11 Å². The van der Waals surface area contributed by atoms with E-state index in [2.05, 4.69) is 63.2 Å². The van der Waals surface area contributed by atoms with E-state index in [-0.39, 0.29) is 11.8 Å². The van der Waals surface area contributed by atoms with Gasteiger partial charge in [0.15, 0.2) is 0 Å². The molecule has 0 fully saturated rings. The Morgan fingerprint density at radius 3 is 1.62 bits per heavy atom. The van der Waals surface area contributed by atoms with Gasteiger partial charge in [0, 0.05) is 17.4 Å². The Morgan fingerprint density at radius 1 is 0.667 bits per heavy atom. The summed E-state index contributed by atoms with van der Waals surface area (Å²) in [4.78, 5) is 0. The lowest BCUT2D eigenvalue weighted by atomic mass is 9.85. The molecule has 3 rings (SSSR count). The van der Waals surface area contributed by atoms with Crippen LogP contribution < -0.4 is 0 Å². The summed E-state index contributed by atoms with van der Waals surface area (Å²) in [7, 11) is 0. The van der Waals surface area contributed by atoms with E-state index in [0.29, 0.717) is 5.75 Å². The van der Waals surface area contributed by atoms with Gasteiger partial charge in [0.2, 0.25) is 0 Å². The van der Waals surface area contributed by atoms with Crippen LogP contribution in [0, 0.1) is 6.92 Å². The molecular formula is C23H24O. The average Bonchev–Trinajstić information content (AvgIpc) is 2.63. The van der Waals surface area contributed by atoms with Crippen LogP contribution in [0.3, 0.4) is 0 Å². The molecule has 0 amide bonds. The van der Waals surface area contributed by atoms with E-state index in [4.69, 9.17) is 0 Å². The highest BCUT2D eigenvalue weighted by atomic mass is 16.3.